The van der Waals surface area contributed by atoms with Crippen LogP contribution in [0, 0.1) is 18.3 Å². The zero-order valence-electron chi connectivity index (χ0n) is 27.2. The molecule has 2 aromatic heterocycles. The van der Waals surface area contributed by atoms with Crippen molar-refractivity contribution in [1.82, 2.24) is 14.9 Å². The predicted molar refractivity (Wildman–Crippen MR) is 180 cm³/mol. The number of anilines is 3. The molecular weight excluding hydrogens is 564 g/mol. The molecule has 234 valence electrons. The summed E-state index contributed by atoms with van der Waals surface area (Å²) < 4.78 is 12.0. The molecular formula is C36H42N6O3. The normalized spacial score (nSPS) is 11.3. The van der Waals surface area contributed by atoms with Crippen LogP contribution in [-0.2, 0) is 17.8 Å². The van der Waals surface area contributed by atoms with Gasteiger partial charge in [0, 0.05) is 47.2 Å². The highest BCUT2D eigenvalue weighted by molar-refractivity contribution is 6.05. The maximum Gasteiger partial charge on any atom is 0.248 e. The first-order chi connectivity index (χ1) is 21.6. The Morgan fingerprint density at radius 2 is 1.89 bits per heavy atom. The molecule has 0 saturated heterocycles. The Hall–Kier alpha value is -4.94. The summed E-state index contributed by atoms with van der Waals surface area (Å²) in [4.78, 5) is 24.1. The molecule has 2 N–H and O–H groups in total. The van der Waals surface area contributed by atoms with E-state index in [1.807, 2.05) is 88.4 Å². The maximum atomic E-state index is 12.8. The SMILES string of the molecule is CCOc1cc2nc(CC)c(C#N)c(Nc3ccc(OCc4ccc(C(C)C)nc4)c(C)c3)c2cc1NC(=O)/C=C/CN(C)C. The van der Waals surface area contributed by atoms with E-state index in [1.54, 1.807) is 6.08 Å². The van der Waals surface area contributed by atoms with Crippen molar-refractivity contribution in [3.05, 3.63) is 88.9 Å². The lowest BCUT2D eigenvalue weighted by atomic mass is 10.0. The lowest BCUT2D eigenvalue weighted by Crippen LogP contribution is -2.13. The van der Waals surface area contributed by atoms with Crippen LogP contribution >= 0.6 is 0 Å². The van der Waals surface area contributed by atoms with E-state index in [0.717, 1.165) is 28.3 Å². The van der Waals surface area contributed by atoms with Gasteiger partial charge in [-0.15, -0.1) is 0 Å². The van der Waals surface area contributed by atoms with Crippen LogP contribution in [0.25, 0.3) is 10.9 Å². The van der Waals surface area contributed by atoms with Gasteiger partial charge >= 0.3 is 0 Å². The molecule has 2 heterocycles. The number of carbonyl (C=O) groups excluding carboxylic acids is 1. The number of nitrogens with zero attached hydrogens (tertiary/aromatic N) is 4. The standard InChI is InChI=1S/C36H42N6O3/c1-8-29-28(20-37)36(27-18-32(34(44-9-2)19-31(27)40-29)41-35(43)11-10-16-42(6)7)39-26-13-15-33(24(5)17-26)45-22-25-12-14-30(23(3)4)38-21-25/h10-15,17-19,21,23H,8-9,16,22H2,1-7H3,(H,39,40)(H,41,43)/b11-10+. The van der Waals surface area contributed by atoms with Crippen molar-refractivity contribution < 1.29 is 14.3 Å². The van der Waals surface area contributed by atoms with Crippen LogP contribution in [0.15, 0.2) is 60.8 Å². The molecule has 45 heavy (non-hydrogen) atoms. The number of pyridine rings is 2. The number of amides is 1. The summed E-state index contributed by atoms with van der Waals surface area (Å²) in [5.41, 5.74) is 6.68. The van der Waals surface area contributed by atoms with E-state index >= 15 is 0 Å². The van der Waals surface area contributed by atoms with Gasteiger partial charge in [-0.2, -0.15) is 5.26 Å². The highest BCUT2D eigenvalue weighted by atomic mass is 16.5. The Kier molecular flexibility index (Phi) is 11.1. The highest BCUT2D eigenvalue weighted by Crippen LogP contribution is 2.38. The summed E-state index contributed by atoms with van der Waals surface area (Å²) in [6, 6.07) is 15.9. The molecule has 0 aliphatic carbocycles. The van der Waals surface area contributed by atoms with E-state index in [-0.39, 0.29) is 5.91 Å². The Morgan fingerprint density at radius 3 is 2.51 bits per heavy atom. The molecule has 9 heteroatoms. The number of hydrogen-bond acceptors (Lipinski definition) is 8. The molecule has 9 nitrogen and oxygen atoms in total. The van der Waals surface area contributed by atoms with Gasteiger partial charge in [0.2, 0.25) is 5.91 Å². The van der Waals surface area contributed by atoms with Gasteiger partial charge in [0.05, 0.1) is 34.8 Å². The Labute approximate surface area is 265 Å². The fourth-order valence-corrected chi connectivity index (χ4v) is 4.82. The van der Waals surface area contributed by atoms with Crippen LogP contribution in [0.2, 0.25) is 0 Å². The van der Waals surface area contributed by atoms with E-state index in [1.165, 1.54) is 6.08 Å². The van der Waals surface area contributed by atoms with E-state index in [2.05, 4.69) is 35.5 Å². The number of fused-ring (bicyclic) bond motifs is 1. The average molecular weight is 607 g/mol. The van der Waals surface area contributed by atoms with Crippen LogP contribution < -0.4 is 20.1 Å². The number of hydrogen-bond donors (Lipinski definition) is 2. The molecule has 0 atom stereocenters. The van der Waals surface area contributed by atoms with Crippen LogP contribution in [0.3, 0.4) is 0 Å². The van der Waals surface area contributed by atoms with Crippen LogP contribution in [0.5, 0.6) is 11.5 Å². The lowest BCUT2D eigenvalue weighted by molar-refractivity contribution is -0.111. The largest absolute Gasteiger partial charge is 0.492 e. The van der Waals surface area contributed by atoms with Crippen molar-refractivity contribution in [1.29, 1.82) is 5.26 Å². The first-order valence-corrected chi connectivity index (χ1v) is 15.2. The summed E-state index contributed by atoms with van der Waals surface area (Å²) in [6.07, 6.45) is 5.73. The summed E-state index contributed by atoms with van der Waals surface area (Å²) in [6.45, 7) is 11.6. The van der Waals surface area contributed by atoms with Crippen molar-refractivity contribution >= 4 is 33.9 Å². The van der Waals surface area contributed by atoms with E-state index in [4.69, 9.17) is 14.5 Å². The van der Waals surface area contributed by atoms with Gasteiger partial charge in [-0.05, 0) is 76.2 Å². The molecule has 2 aromatic carbocycles. The number of likely N-dealkylation sites (N-methyl/N-ethyl adjacent to an activating group) is 1. The molecule has 4 rings (SSSR count). The minimum absolute atomic E-state index is 0.275. The van der Waals surface area contributed by atoms with Gasteiger partial charge in [0.15, 0.2) is 0 Å². The third-order valence-corrected chi connectivity index (χ3v) is 7.18. The van der Waals surface area contributed by atoms with Crippen LogP contribution in [0.4, 0.5) is 17.1 Å². The summed E-state index contributed by atoms with van der Waals surface area (Å²) in [5.74, 6) is 1.37. The highest BCUT2D eigenvalue weighted by Gasteiger charge is 2.19. The van der Waals surface area contributed by atoms with Crippen molar-refractivity contribution in [2.45, 2.75) is 53.6 Å². The van der Waals surface area contributed by atoms with Gasteiger partial charge in [-0.1, -0.05) is 32.9 Å². The Bertz CT molecular complexity index is 1720. The number of nitriles is 1. The number of carbonyl (C=O) groups is 1. The Balaban J connectivity index is 1.67. The smallest absolute Gasteiger partial charge is 0.248 e. The number of ether oxygens (including phenoxy) is 2. The molecule has 0 spiro atoms. The molecule has 0 aliphatic heterocycles. The number of aryl methyl sites for hydroxylation is 2. The van der Waals surface area contributed by atoms with Gasteiger partial charge in [0.25, 0.3) is 0 Å². The minimum Gasteiger partial charge on any atom is -0.492 e. The van der Waals surface area contributed by atoms with Crippen molar-refractivity contribution in [2.24, 2.45) is 0 Å². The third kappa shape index (κ3) is 8.37. The Morgan fingerprint density at radius 1 is 1.09 bits per heavy atom. The number of aromatic nitrogens is 2. The molecule has 0 saturated carbocycles. The fourth-order valence-electron chi connectivity index (χ4n) is 4.82. The molecule has 0 fully saturated rings. The van der Waals surface area contributed by atoms with Gasteiger partial charge in [0.1, 0.15) is 24.2 Å². The summed E-state index contributed by atoms with van der Waals surface area (Å²) >= 11 is 0. The van der Waals surface area contributed by atoms with Gasteiger partial charge < -0.3 is 25.0 Å². The van der Waals surface area contributed by atoms with E-state index in [0.29, 0.717) is 71.4 Å². The monoisotopic (exact) mass is 606 g/mol. The number of benzene rings is 2. The average Bonchev–Trinajstić information content (AvgIpc) is 3.01. The first kappa shape index (κ1) is 33.0. The minimum atomic E-state index is -0.275. The quantitative estimate of drug-likeness (QED) is 0.153. The van der Waals surface area contributed by atoms with Crippen molar-refractivity contribution in [3.63, 3.8) is 0 Å². The summed E-state index contributed by atoms with van der Waals surface area (Å²) in [5, 5.41) is 17.3. The second-order valence-corrected chi connectivity index (χ2v) is 11.4. The van der Waals surface area contributed by atoms with E-state index in [9.17, 15) is 10.1 Å². The summed E-state index contributed by atoms with van der Waals surface area (Å²) in [7, 11) is 3.87. The second-order valence-electron chi connectivity index (χ2n) is 11.4. The van der Waals surface area contributed by atoms with E-state index < -0.39 is 0 Å². The third-order valence-electron chi connectivity index (χ3n) is 7.18. The topological polar surface area (TPSA) is 112 Å². The molecule has 0 radical (unpaired) electrons. The predicted octanol–water partition coefficient (Wildman–Crippen LogP) is 7.27. The molecule has 4 aromatic rings. The second kappa shape index (κ2) is 15.2. The van der Waals surface area contributed by atoms with Gasteiger partial charge in [-0.3, -0.25) is 14.8 Å². The zero-order valence-corrected chi connectivity index (χ0v) is 27.2. The number of nitrogens with one attached hydrogen (secondary N) is 2. The first-order valence-electron chi connectivity index (χ1n) is 15.2. The molecule has 0 aliphatic rings. The molecule has 0 bridgehead atoms. The van der Waals surface area contributed by atoms with Crippen molar-refractivity contribution in [3.8, 4) is 17.6 Å². The number of rotatable bonds is 13. The fraction of sp³-hybridized carbons (Fsp3) is 0.333. The van der Waals surface area contributed by atoms with Crippen LogP contribution in [0.1, 0.15) is 61.7 Å². The van der Waals surface area contributed by atoms with Gasteiger partial charge in [-0.25, -0.2) is 0 Å². The zero-order chi connectivity index (χ0) is 32.5. The molecule has 1 amide bonds. The van der Waals surface area contributed by atoms with Crippen molar-refractivity contribution in [2.75, 3.05) is 37.9 Å². The maximum absolute atomic E-state index is 12.8. The lowest BCUT2D eigenvalue weighted by Gasteiger charge is -2.18. The molecule has 0 unspecified atom stereocenters. The van der Waals surface area contributed by atoms with Crippen LogP contribution in [-0.4, -0.2) is 48.0 Å².